The summed E-state index contributed by atoms with van der Waals surface area (Å²) in [5.74, 6) is 1.20. The number of methoxy groups -OCH3 is 1. The van der Waals surface area contributed by atoms with Gasteiger partial charge in [0.2, 0.25) is 5.91 Å². The number of piperazine rings is 1. The summed E-state index contributed by atoms with van der Waals surface area (Å²) < 4.78 is 5.77. The molecule has 3 aliphatic rings. The molecule has 10 heteroatoms. The second-order valence-electron chi connectivity index (χ2n) is 9.84. The molecule has 1 fully saturated rings. The molecule has 1 aliphatic carbocycles. The van der Waals surface area contributed by atoms with Crippen LogP contribution >= 0.6 is 0 Å². The van der Waals surface area contributed by atoms with Crippen LogP contribution in [0.2, 0.25) is 0 Å². The summed E-state index contributed by atoms with van der Waals surface area (Å²) in [7, 11) is 5.74. The van der Waals surface area contributed by atoms with Gasteiger partial charge in [-0.15, -0.1) is 0 Å². The Kier molecular flexibility index (Phi) is 7.15. The summed E-state index contributed by atoms with van der Waals surface area (Å²) in [6, 6.07) is 6.38. The Balaban J connectivity index is 1.45. The number of rotatable bonds is 7. The Morgan fingerprint density at radius 1 is 1.18 bits per heavy atom. The second kappa shape index (κ2) is 10.7. The summed E-state index contributed by atoms with van der Waals surface area (Å²) in [6.07, 6.45) is 11.2. The number of fused-ring (bicyclic) bond motifs is 1. The first kappa shape index (κ1) is 25.5. The monoisotopic (exact) mass is 514 g/mol. The average molecular weight is 515 g/mol. The van der Waals surface area contributed by atoms with Crippen LogP contribution in [0.25, 0.3) is 5.57 Å². The molecule has 0 radical (unpaired) electrons. The molecule has 0 spiro atoms. The molecule has 2 aliphatic heterocycles. The van der Waals surface area contributed by atoms with Gasteiger partial charge in [0.05, 0.1) is 35.9 Å². The third-order valence-corrected chi connectivity index (χ3v) is 7.38. The molecular weight excluding hydrogens is 480 g/mol. The van der Waals surface area contributed by atoms with Crippen molar-refractivity contribution in [3.05, 3.63) is 61.1 Å². The molecule has 10 nitrogen and oxygen atoms in total. The van der Waals surface area contributed by atoms with Gasteiger partial charge in [0.15, 0.2) is 0 Å². The number of nitrogens with zero attached hydrogens (tertiary/aromatic N) is 6. The van der Waals surface area contributed by atoms with Gasteiger partial charge in [-0.25, -0.2) is 9.97 Å². The number of allylic oxidation sites excluding steroid dienone is 2. The number of ether oxygens (including phenoxy) is 1. The molecule has 2 aromatic rings. The van der Waals surface area contributed by atoms with Crippen LogP contribution in [-0.4, -0.2) is 84.9 Å². The molecule has 1 aromatic heterocycles. The van der Waals surface area contributed by atoms with E-state index < -0.39 is 0 Å². The minimum atomic E-state index is -0.274. The smallest absolute Gasteiger partial charge is 0.247 e. The normalized spacial score (nSPS) is 22.6. The summed E-state index contributed by atoms with van der Waals surface area (Å²) in [4.78, 5) is 25.9. The number of carbonyl (C=O) groups is 1. The maximum absolute atomic E-state index is 12.3. The Morgan fingerprint density at radius 2 is 2.03 bits per heavy atom. The van der Waals surface area contributed by atoms with Crippen molar-refractivity contribution in [1.82, 2.24) is 19.9 Å². The quantitative estimate of drug-likeness (QED) is 0.543. The number of amides is 1. The third-order valence-electron chi connectivity index (χ3n) is 7.38. The zero-order valence-corrected chi connectivity index (χ0v) is 22.3. The number of aromatic nitrogens is 2. The molecule has 5 rings (SSSR count). The number of benzene rings is 1. The summed E-state index contributed by atoms with van der Waals surface area (Å²) in [5.41, 5.74) is 4.09. The van der Waals surface area contributed by atoms with E-state index in [4.69, 9.17) is 4.74 Å². The second-order valence-corrected chi connectivity index (χ2v) is 9.84. The van der Waals surface area contributed by atoms with E-state index in [2.05, 4.69) is 74.3 Å². The minimum absolute atomic E-state index is 0.215. The van der Waals surface area contributed by atoms with Crippen LogP contribution in [0.4, 0.5) is 22.9 Å². The van der Waals surface area contributed by atoms with Crippen molar-refractivity contribution in [3.8, 4) is 5.75 Å². The molecule has 2 N–H and O–H groups in total. The first-order valence-electron chi connectivity index (χ1n) is 12.7. The molecular formula is C28H34N8O2. The molecule has 1 amide bonds. The molecule has 1 saturated heterocycles. The molecule has 3 atom stereocenters. The van der Waals surface area contributed by atoms with E-state index in [1.165, 1.54) is 6.08 Å². The van der Waals surface area contributed by atoms with Crippen molar-refractivity contribution in [2.45, 2.75) is 19.0 Å². The van der Waals surface area contributed by atoms with E-state index >= 15 is 0 Å². The largest absolute Gasteiger partial charge is 0.494 e. The molecule has 0 bridgehead atoms. The van der Waals surface area contributed by atoms with Gasteiger partial charge in [0.25, 0.3) is 0 Å². The molecule has 3 heterocycles. The minimum Gasteiger partial charge on any atom is -0.494 e. The fraction of sp³-hybridized carbons (Fsp3) is 0.357. The average Bonchev–Trinajstić information content (AvgIpc) is 3.30. The first-order valence-corrected chi connectivity index (χ1v) is 12.7. The van der Waals surface area contributed by atoms with E-state index in [0.717, 1.165) is 36.6 Å². The lowest BCUT2D eigenvalue weighted by Gasteiger charge is -2.39. The summed E-state index contributed by atoms with van der Waals surface area (Å²) >= 11 is 0. The van der Waals surface area contributed by atoms with Gasteiger partial charge < -0.3 is 25.2 Å². The Labute approximate surface area is 223 Å². The lowest BCUT2D eigenvalue weighted by Crippen LogP contribution is -2.50. The molecule has 1 aromatic carbocycles. The highest BCUT2D eigenvalue weighted by molar-refractivity contribution is 6.02. The van der Waals surface area contributed by atoms with Crippen LogP contribution in [0.15, 0.2) is 60.5 Å². The molecule has 0 saturated carbocycles. The molecule has 198 valence electrons. The van der Waals surface area contributed by atoms with E-state index in [0.29, 0.717) is 29.0 Å². The first-order chi connectivity index (χ1) is 18.4. The summed E-state index contributed by atoms with van der Waals surface area (Å²) in [6.45, 7) is 8.41. The van der Waals surface area contributed by atoms with Crippen LogP contribution < -0.4 is 20.3 Å². The van der Waals surface area contributed by atoms with Crippen LogP contribution in [0.3, 0.4) is 0 Å². The lowest BCUT2D eigenvalue weighted by molar-refractivity contribution is -0.111. The lowest BCUT2D eigenvalue weighted by atomic mass is 9.92. The van der Waals surface area contributed by atoms with Crippen molar-refractivity contribution in [3.63, 3.8) is 0 Å². The third kappa shape index (κ3) is 5.12. The van der Waals surface area contributed by atoms with Gasteiger partial charge >= 0.3 is 0 Å². The number of hydrogen-bond donors (Lipinski definition) is 2. The van der Waals surface area contributed by atoms with Crippen molar-refractivity contribution in [2.75, 3.05) is 56.4 Å². The highest BCUT2D eigenvalue weighted by Crippen LogP contribution is 2.39. The van der Waals surface area contributed by atoms with Gasteiger partial charge in [0, 0.05) is 57.0 Å². The Bertz CT molecular complexity index is 1320. The van der Waals surface area contributed by atoms with Crippen molar-refractivity contribution in [1.29, 1.82) is 0 Å². The van der Waals surface area contributed by atoms with Crippen LogP contribution in [-0.2, 0) is 4.79 Å². The number of likely N-dealkylation sites (N-methyl/N-ethyl adjacent to an activating group) is 2. The number of anilines is 4. The van der Waals surface area contributed by atoms with Gasteiger partial charge in [0.1, 0.15) is 17.9 Å². The van der Waals surface area contributed by atoms with Gasteiger partial charge in [-0.3, -0.25) is 9.80 Å². The number of hydrogen-bond acceptors (Lipinski definition) is 9. The fourth-order valence-corrected chi connectivity index (χ4v) is 5.00. The van der Waals surface area contributed by atoms with E-state index in [9.17, 15) is 4.79 Å². The maximum Gasteiger partial charge on any atom is 0.247 e. The Morgan fingerprint density at radius 3 is 2.79 bits per heavy atom. The van der Waals surface area contributed by atoms with E-state index in [1.807, 2.05) is 36.5 Å². The molecule has 38 heavy (non-hydrogen) atoms. The molecule has 3 unspecified atom stereocenters. The zero-order valence-electron chi connectivity index (χ0n) is 22.3. The van der Waals surface area contributed by atoms with Crippen LogP contribution in [0.1, 0.15) is 12.6 Å². The highest BCUT2D eigenvalue weighted by Gasteiger charge is 2.28. The number of hydrazone groups is 1. The van der Waals surface area contributed by atoms with Gasteiger partial charge in [-0.1, -0.05) is 24.8 Å². The fourth-order valence-electron chi connectivity index (χ4n) is 5.00. The van der Waals surface area contributed by atoms with Crippen molar-refractivity contribution < 1.29 is 9.53 Å². The summed E-state index contributed by atoms with van der Waals surface area (Å²) in [5, 5.41) is 12.7. The van der Waals surface area contributed by atoms with Crippen molar-refractivity contribution >= 4 is 40.6 Å². The van der Waals surface area contributed by atoms with E-state index in [1.54, 1.807) is 13.4 Å². The maximum atomic E-state index is 12.3. The SMILES string of the molecule is C=CC(=O)Nc1cc(Nc2cc(C3=CC4C=NN(C)C4C=C3)ncn2)c(OC)cc1N1CCN(C)C(C)C1. The Hall–Kier alpha value is -4.18. The van der Waals surface area contributed by atoms with Crippen LogP contribution in [0.5, 0.6) is 5.75 Å². The number of nitrogens with one attached hydrogen (secondary N) is 2. The van der Waals surface area contributed by atoms with E-state index in [-0.39, 0.29) is 17.9 Å². The van der Waals surface area contributed by atoms with Gasteiger partial charge in [-0.05, 0) is 31.7 Å². The van der Waals surface area contributed by atoms with Crippen molar-refractivity contribution in [2.24, 2.45) is 11.0 Å². The predicted octanol–water partition coefficient (Wildman–Crippen LogP) is 3.36. The number of carbonyl (C=O) groups excluding carboxylic acids is 1. The topological polar surface area (TPSA) is 98.2 Å². The zero-order chi connectivity index (χ0) is 26.8. The van der Waals surface area contributed by atoms with Gasteiger partial charge in [-0.2, -0.15) is 5.10 Å². The predicted molar refractivity (Wildman–Crippen MR) is 152 cm³/mol. The highest BCUT2D eigenvalue weighted by atomic mass is 16.5. The van der Waals surface area contributed by atoms with Crippen LogP contribution in [0, 0.1) is 5.92 Å². The standard InChI is InChI=1S/C28H34N8O2/c1-6-28(37)33-22-12-23(26(38-5)14-25(22)36-10-9-34(3)18(2)16-36)32-27-13-21(29-17-30-27)19-7-8-24-20(11-19)15-31-35(24)4/h6-8,11-15,17-18,20,24H,1,9-10,16H2,2-5H3,(H,33,37)(H,29,30,32).